The lowest BCUT2D eigenvalue weighted by Crippen LogP contribution is -2.49. The van der Waals surface area contributed by atoms with Gasteiger partial charge in [-0.15, -0.1) is 0 Å². The molecule has 130 valence electrons. The number of urea groups is 1. The van der Waals surface area contributed by atoms with Crippen LogP contribution < -0.4 is 10.1 Å². The van der Waals surface area contributed by atoms with E-state index in [2.05, 4.69) is 28.2 Å². The van der Waals surface area contributed by atoms with E-state index >= 15 is 0 Å². The molecule has 1 aromatic carbocycles. The quantitative estimate of drug-likeness (QED) is 0.788. The molecule has 3 rings (SSSR count). The molecule has 3 amide bonds. The van der Waals surface area contributed by atoms with Gasteiger partial charge >= 0.3 is 6.03 Å². The fourth-order valence-electron chi connectivity index (χ4n) is 3.78. The van der Waals surface area contributed by atoms with Gasteiger partial charge in [-0.3, -0.25) is 9.69 Å². The van der Waals surface area contributed by atoms with Crippen molar-refractivity contribution in [3.8, 4) is 5.75 Å². The van der Waals surface area contributed by atoms with E-state index in [9.17, 15) is 9.59 Å². The predicted molar refractivity (Wildman–Crippen MR) is 94.8 cm³/mol. The molecule has 1 saturated carbocycles. The zero-order valence-electron chi connectivity index (χ0n) is 14.1. The molecule has 2 aliphatic rings. The molecule has 6 heteroatoms. The molecule has 0 radical (unpaired) electrons. The summed E-state index contributed by atoms with van der Waals surface area (Å²) in [6, 6.07) is 5.30. The van der Waals surface area contributed by atoms with Gasteiger partial charge < -0.3 is 10.1 Å². The highest BCUT2D eigenvalue weighted by molar-refractivity contribution is 9.10. The number of rotatable bonds is 4. The first-order chi connectivity index (χ1) is 11.5. The molecule has 1 spiro atoms. The number of nitrogens with zero attached hydrogens (tertiary/aromatic N) is 1. The summed E-state index contributed by atoms with van der Waals surface area (Å²) in [6.07, 6.45) is 4.61. The lowest BCUT2D eigenvalue weighted by atomic mass is 9.75. The Morgan fingerprint density at radius 1 is 1.33 bits per heavy atom. The smallest absolute Gasteiger partial charge is 0.325 e. The second-order valence-electron chi connectivity index (χ2n) is 6.71. The lowest BCUT2D eigenvalue weighted by Gasteiger charge is -2.34. The minimum atomic E-state index is -0.692. The number of benzene rings is 1. The van der Waals surface area contributed by atoms with Gasteiger partial charge in [-0.25, -0.2) is 4.79 Å². The Kier molecular flexibility index (Phi) is 4.85. The number of carbonyl (C=O) groups excluding carboxylic acids is 2. The second-order valence-corrected chi connectivity index (χ2v) is 7.63. The third kappa shape index (κ3) is 3.04. The fourth-order valence-corrected chi connectivity index (χ4v) is 4.19. The maximum atomic E-state index is 13.0. The van der Waals surface area contributed by atoms with Crippen molar-refractivity contribution in [2.24, 2.45) is 5.92 Å². The molecule has 1 aliphatic heterocycles. The van der Waals surface area contributed by atoms with Crippen molar-refractivity contribution in [2.45, 2.75) is 51.1 Å². The third-order valence-electron chi connectivity index (χ3n) is 5.35. The van der Waals surface area contributed by atoms with Gasteiger partial charge in [0.25, 0.3) is 5.91 Å². The largest absolute Gasteiger partial charge is 0.496 e. The van der Waals surface area contributed by atoms with E-state index in [1.54, 1.807) is 7.11 Å². The number of hydrogen-bond acceptors (Lipinski definition) is 3. The monoisotopic (exact) mass is 394 g/mol. The average molecular weight is 395 g/mol. The molecule has 2 fully saturated rings. The average Bonchev–Trinajstić information content (AvgIpc) is 2.80. The maximum Gasteiger partial charge on any atom is 0.325 e. The second kappa shape index (κ2) is 6.75. The first kappa shape index (κ1) is 17.3. The molecule has 0 bridgehead atoms. The van der Waals surface area contributed by atoms with Crippen molar-refractivity contribution in [3.05, 3.63) is 28.2 Å². The van der Waals surface area contributed by atoms with Crippen LogP contribution >= 0.6 is 15.9 Å². The molecule has 0 unspecified atom stereocenters. The maximum absolute atomic E-state index is 13.0. The van der Waals surface area contributed by atoms with Crippen molar-refractivity contribution in [2.75, 3.05) is 7.11 Å². The summed E-state index contributed by atoms with van der Waals surface area (Å²) in [5.41, 5.74) is 0.122. The Labute approximate surface area is 150 Å². The highest BCUT2D eigenvalue weighted by Gasteiger charge is 2.52. The molecule has 1 aliphatic carbocycles. The van der Waals surface area contributed by atoms with Crippen molar-refractivity contribution < 1.29 is 14.3 Å². The number of imide groups is 1. The Bertz CT molecular complexity index is 654. The minimum absolute atomic E-state index is 0.0934. The Hall–Kier alpha value is -1.56. The van der Waals surface area contributed by atoms with Crippen LogP contribution in [0, 0.1) is 5.92 Å². The van der Waals surface area contributed by atoms with E-state index in [1.165, 1.54) is 4.90 Å². The van der Waals surface area contributed by atoms with Crippen molar-refractivity contribution in [3.63, 3.8) is 0 Å². The van der Waals surface area contributed by atoms with E-state index in [0.717, 1.165) is 42.1 Å². The van der Waals surface area contributed by atoms with E-state index in [1.807, 2.05) is 18.2 Å². The predicted octanol–water partition coefficient (Wildman–Crippen LogP) is 3.85. The van der Waals surface area contributed by atoms with Gasteiger partial charge in [0, 0.05) is 10.0 Å². The summed E-state index contributed by atoms with van der Waals surface area (Å²) in [4.78, 5) is 26.7. The normalized spacial score (nSPS) is 26.8. The van der Waals surface area contributed by atoms with Gasteiger partial charge in [0.2, 0.25) is 0 Å². The zero-order valence-corrected chi connectivity index (χ0v) is 15.7. The van der Waals surface area contributed by atoms with E-state index < -0.39 is 5.54 Å². The SMILES string of the molecule is CCC1CCC2(CC1)NC(=O)N(Cc1cc(Br)ccc1OC)C2=O. The van der Waals surface area contributed by atoms with Gasteiger partial charge in [-0.2, -0.15) is 0 Å². The van der Waals surface area contributed by atoms with Crippen LogP contribution in [0.5, 0.6) is 5.75 Å². The summed E-state index contributed by atoms with van der Waals surface area (Å²) < 4.78 is 6.25. The Morgan fingerprint density at radius 3 is 2.67 bits per heavy atom. The van der Waals surface area contributed by atoms with Gasteiger partial charge in [-0.05, 0) is 49.8 Å². The van der Waals surface area contributed by atoms with Crippen LogP contribution in [0.2, 0.25) is 0 Å². The summed E-state index contributed by atoms with van der Waals surface area (Å²) in [6.45, 7) is 2.41. The molecule has 1 heterocycles. The van der Waals surface area contributed by atoms with Crippen molar-refractivity contribution >= 4 is 27.9 Å². The summed E-state index contributed by atoms with van der Waals surface area (Å²) >= 11 is 3.43. The molecule has 5 nitrogen and oxygen atoms in total. The number of amides is 3. The molecule has 1 saturated heterocycles. The number of ether oxygens (including phenoxy) is 1. The van der Waals surface area contributed by atoms with Gasteiger partial charge in [0.15, 0.2) is 0 Å². The van der Waals surface area contributed by atoms with Gasteiger partial charge in [0.1, 0.15) is 11.3 Å². The van der Waals surface area contributed by atoms with Crippen LogP contribution in [0.3, 0.4) is 0 Å². The van der Waals surface area contributed by atoms with Crippen LogP contribution in [-0.2, 0) is 11.3 Å². The van der Waals surface area contributed by atoms with E-state index in [-0.39, 0.29) is 18.5 Å². The van der Waals surface area contributed by atoms with E-state index in [4.69, 9.17) is 4.74 Å². The molecular formula is C18H23BrN2O3. The summed E-state index contributed by atoms with van der Waals surface area (Å²) in [5.74, 6) is 1.25. The summed E-state index contributed by atoms with van der Waals surface area (Å²) in [7, 11) is 1.59. The van der Waals surface area contributed by atoms with Crippen molar-refractivity contribution in [1.29, 1.82) is 0 Å². The highest BCUT2D eigenvalue weighted by atomic mass is 79.9. The van der Waals surface area contributed by atoms with Gasteiger partial charge in [-0.1, -0.05) is 29.3 Å². The van der Waals surface area contributed by atoms with E-state index in [0.29, 0.717) is 11.7 Å². The molecule has 0 aromatic heterocycles. The minimum Gasteiger partial charge on any atom is -0.496 e. The standard InChI is InChI=1S/C18H23BrN2O3/c1-3-12-6-8-18(9-7-12)16(22)21(17(23)20-18)11-13-10-14(19)4-5-15(13)24-2/h4-5,10,12H,3,6-9,11H2,1-2H3,(H,20,23). The first-order valence-corrected chi connectivity index (χ1v) is 9.25. The first-order valence-electron chi connectivity index (χ1n) is 8.45. The fraction of sp³-hybridized carbons (Fsp3) is 0.556. The Balaban J connectivity index is 1.79. The van der Waals surface area contributed by atoms with Crippen LogP contribution in [0.1, 0.15) is 44.6 Å². The number of methoxy groups -OCH3 is 1. The van der Waals surface area contributed by atoms with Crippen LogP contribution in [0.25, 0.3) is 0 Å². The van der Waals surface area contributed by atoms with Crippen LogP contribution in [0.15, 0.2) is 22.7 Å². The lowest BCUT2D eigenvalue weighted by molar-refractivity contribution is -0.133. The number of hydrogen-bond donors (Lipinski definition) is 1. The van der Waals surface area contributed by atoms with Crippen LogP contribution in [-0.4, -0.2) is 29.5 Å². The number of halogens is 1. The molecule has 24 heavy (non-hydrogen) atoms. The zero-order chi connectivity index (χ0) is 17.3. The number of nitrogens with one attached hydrogen (secondary N) is 1. The number of carbonyl (C=O) groups is 2. The molecular weight excluding hydrogens is 372 g/mol. The molecule has 1 N–H and O–H groups in total. The highest BCUT2D eigenvalue weighted by Crippen LogP contribution is 2.38. The van der Waals surface area contributed by atoms with Gasteiger partial charge in [0.05, 0.1) is 13.7 Å². The Morgan fingerprint density at radius 2 is 2.04 bits per heavy atom. The molecule has 1 aromatic rings. The summed E-state index contributed by atoms with van der Waals surface area (Å²) in [5, 5.41) is 2.97. The third-order valence-corrected chi connectivity index (χ3v) is 5.85. The van der Waals surface area contributed by atoms with Crippen molar-refractivity contribution in [1.82, 2.24) is 10.2 Å². The topological polar surface area (TPSA) is 58.6 Å². The van der Waals surface area contributed by atoms with Crippen LogP contribution in [0.4, 0.5) is 4.79 Å². The molecule has 0 atom stereocenters.